The van der Waals surface area contributed by atoms with Gasteiger partial charge in [0.05, 0.1) is 5.69 Å². The van der Waals surface area contributed by atoms with Gasteiger partial charge in [-0.15, -0.1) is 0 Å². The number of pyridine rings is 1. The van der Waals surface area contributed by atoms with Gasteiger partial charge in [0.1, 0.15) is 5.82 Å². The number of hydrogen-bond donors (Lipinski definition) is 1. The molecule has 5 rings (SSSR count). The van der Waals surface area contributed by atoms with Gasteiger partial charge in [-0.1, -0.05) is 0 Å². The zero-order valence-corrected chi connectivity index (χ0v) is 16.0. The van der Waals surface area contributed by atoms with Crippen molar-refractivity contribution in [1.29, 1.82) is 0 Å². The summed E-state index contributed by atoms with van der Waals surface area (Å²) >= 11 is 0. The van der Waals surface area contributed by atoms with E-state index >= 15 is 0 Å². The minimum Gasteiger partial charge on any atom is -0.368 e. The summed E-state index contributed by atoms with van der Waals surface area (Å²) in [4.78, 5) is 24.9. The van der Waals surface area contributed by atoms with Crippen molar-refractivity contribution < 1.29 is 0 Å². The fourth-order valence-electron chi connectivity index (χ4n) is 4.62. The first-order valence-corrected chi connectivity index (χ1v) is 9.76. The van der Waals surface area contributed by atoms with Crippen molar-refractivity contribution in [2.24, 2.45) is 0 Å². The smallest absolute Gasteiger partial charge is 0.220 e. The molecular formula is C21H23N7. The Kier molecular flexibility index (Phi) is 3.96. The summed E-state index contributed by atoms with van der Waals surface area (Å²) < 4.78 is 0. The van der Waals surface area contributed by atoms with Crippen LogP contribution in [0.25, 0.3) is 11.4 Å². The molecule has 7 heteroatoms. The maximum Gasteiger partial charge on any atom is 0.220 e. The Bertz CT molecular complexity index is 1020. The van der Waals surface area contributed by atoms with Crippen molar-refractivity contribution in [2.45, 2.75) is 38.0 Å². The molecule has 0 aromatic carbocycles. The first-order chi connectivity index (χ1) is 13.6. The van der Waals surface area contributed by atoms with Gasteiger partial charge in [-0.3, -0.25) is 4.98 Å². The zero-order valence-electron chi connectivity index (χ0n) is 16.0. The van der Waals surface area contributed by atoms with Gasteiger partial charge < -0.3 is 10.6 Å². The number of rotatable bonds is 2. The molecule has 7 nitrogen and oxygen atoms in total. The molecule has 4 heterocycles. The van der Waals surface area contributed by atoms with Gasteiger partial charge in [0.15, 0.2) is 5.82 Å². The van der Waals surface area contributed by atoms with Crippen LogP contribution in [-0.2, 0) is 11.8 Å². The molecule has 28 heavy (non-hydrogen) atoms. The van der Waals surface area contributed by atoms with Crippen LogP contribution >= 0.6 is 0 Å². The molecule has 1 saturated heterocycles. The van der Waals surface area contributed by atoms with Gasteiger partial charge in [0.2, 0.25) is 5.95 Å². The van der Waals surface area contributed by atoms with Crippen LogP contribution in [0.3, 0.4) is 0 Å². The molecule has 142 valence electrons. The summed E-state index contributed by atoms with van der Waals surface area (Å²) in [6.07, 6.45) is 9.83. The normalized spacial score (nSPS) is 21.1. The molecule has 1 aliphatic carbocycles. The predicted molar refractivity (Wildman–Crippen MR) is 108 cm³/mol. The van der Waals surface area contributed by atoms with E-state index < -0.39 is 0 Å². The highest BCUT2D eigenvalue weighted by Gasteiger charge is 2.44. The van der Waals surface area contributed by atoms with Crippen LogP contribution in [0.4, 0.5) is 11.8 Å². The van der Waals surface area contributed by atoms with Crippen LogP contribution in [-0.4, -0.2) is 38.0 Å². The van der Waals surface area contributed by atoms with Crippen LogP contribution < -0.4 is 10.6 Å². The zero-order chi connectivity index (χ0) is 19.1. The van der Waals surface area contributed by atoms with Gasteiger partial charge in [0.25, 0.3) is 0 Å². The molecule has 2 N–H and O–H groups in total. The predicted octanol–water partition coefficient (Wildman–Crippen LogP) is 2.70. The Morgan fingerprint density at radius 2 is 2.07 bits per heavy atom. The van der Waals surface area contributed by atoms with Crippen molar-refractivity contribution in [3.8, 4) is 11.4 Å². The summed E-state index contributed by atoms with van der Waals surface area (Å²) in [6.45, 7) is 3.91. The highest BCUT2D eigenvalue weighted by atomic mass is 15.2. The molecular weight excluding hydrogens is 350 g/mol. The van der Waals surface area contributed by atoms with Gasteiger partial charge in [-0.05, 0) is 50.3 Å². The summed E-state index contributed by atoms with van der Waals surface area (Å²) in [7, 11) is 0. The first-order valence-electron chi connectivity index (χ1n) is 9.76. The van der Waals surface area contributed by atoms with E-state index in [0.717, 1.165) is 67.4 Å². The van der Waals surface area contributed by atoms with Gasteiger partial charge >= 0.3 is 0 Å². The maximum absolute atomic E-state index is 5.91. The van der Waals surface area contributed by atoms with E-state index in [4.69, 9.17) is 10.7 Å². The molecule has 1 aliphatic heterocycles. The number of nitrogens with zero attached hydrogens (tertiary/aromatic N) is 6. The summed E-state index contributed by atoms with van der Waals surface area (Å²) in [6, 6.07) is 5.98. The van der Waals surface area contributed by atoms with Crippen molar-refractivity contribution in [1.82, 2.24) is 24.9 Å². The number of aryl methyl sites for hydroxylation is 2. The van der Waals surface area contributed by atoms with E-state index in [2.05, 4.69) is 30.9 Å². The highest BCUT2D eigenvalue weighted by molar-refractivity contribution is 5.57. The fourth-order valence-corrected chi connectivity index (χ4v) is 4.62. The monoisotopic (exact) mass is 373 g/mol. The van der Waals surface area contributed by atoms with Crippen LogP contribution in [0.1, 0.15) is 36.2 Å². The number of anilines is 2. The van der Waals surface area contributed by atoms with Crippen LogP contribution in [0.2, 0.25) is 0 Å². The lowest BCUT2D eigenvalue weighted by Gasteiger charge is -2.41. The van der Waals surface area contributed by atoms with Crippen LogP contribution in [0, 0.1) is 6.92 Å². The molecule has 0 amide bonds. The average molecular weight is 373 g/mol. The molecule has 3 aromatic heterocycles. The van der Waals surface area contributed by atoms with Gasteiger partial charge in [0, 0.05) is 54.4 Å². The minimum absolute atomic E-state index is 0.0396. The molecule has 1 atom stereocenters. The molecule has 1 fully saturated rings. The number of nitrogen functional groups attached to an aromatic ring is 1. The van der Waals surface area contributed by atoms with E-state index in [1.165, 1.54) is 5.56 Å². The highest BCUT2D eigenvalue weighted by Crippen LogP contribution is 2.44. The standard InChI is InChI=1S/C21H23N7/c1-14-10-17(26-19(25-14)16-4-2-8-23-11-16)28-9-3-6-21(13-28)7-5-15-12-24-20(22)27-18(15)21/h2,4,8,10-12H,3,5-7,9,13H2,1H3,(H2,22,24,27). The fraction of sp³-hybridized carbons (Fsp3) is 0.381. The lowest BCUT2D eigenvalue weighted by atomic mass is 9.77. The molecule has 0 bridgehead atoms. The first kappa shape index (κ1) is 17.0. The Labute approximate surface area is 164 Å². The van der Waals surface area contributed by atoms with Gasteiger partial charge in [-0.25, -0.2) is 19.9 Å². The number of hydrogen-bond acceptors (Lipinski definition) is 7. The minimum atomic E-state index is 0.0396. The third-order valence-electron chi connectivity index (χ3n) is 5.92. The van der Waals surface area contributed by atoms with Crippen molar-refractivity contribution in [2.75, 3.05) is 23.7 Å². The summed E-state index contributed by atoms with van der Waals surface area (Å²) in [5.74, 6) is 2.07. The van der Waals surface area contributed by atoms with E-state index in [9.17, 15) is 0 Å². The van der Waals surface area contributed by atoms with Gasteiger partial charge in [-0.2, -0.15) is 0 Å². The topological polar surface area (TPSA) is 93.7 Å². The molecule has 0 saturated carbocycles. The van der Waals surface area contributed by atoms with Crippen LogP contribution in [0.5, 0.6) is 0 Å². The van der Waals surface area contributed by atoms with Crippen molar-refractivity contribution in [3.05, 3.63) is 53.7 Å². The van der Waals surface area contributed by atoms with Crippen molar-refractivity contribution in [3.63, 3.8) is 0 Å². The average Bonchev–Trinajstić information content (AvgIpc) is 3.05. The Hall–Kier alpha value is -3.09. The molecule has 2 aliphatic rings. The molecule has 3 aromatic rings. The Morgan fingerprint density at radius 3 is 2.93 bits per heavy atom. The summed E-state index contributed by atoms with van der Waals surface area (Å²) in [5, 5.41) is 0. The van der Waals surface area contributed by atoms with E-state index in [-0.39, 0.29) is 5.41 Å². The van der Waals surface area contributed by atoms with Crippen LogP contribution in [0.15, 0.2) is 36.8 Å². The molecule has 0 radical (unpaired) electrons. The summed E-state index contributed by atoms with van der Waals surface area (Å²) in [5.41, 5.74) is 10.2. The quantitative estimate of drug-likeness (QED) is 0.738. The maximum atomic E-state index is 5.91. The second-order valence-corrected chi connectivity index (χ2v) is 7.84. The number of aromatic nitrogens is 5. The lowest BCUT2D eigenvalue weighted by molar-refractivity contribution is 0.333. The Balaban J connectivity index is 1.50. The Morgan fingerprint density at radius 1 is 1.14 bits per heavy atom. The second kappa shape index (κ2) is 6.51. The van der Waals surface area contributed by atoms with E-state index in [1.54, 1.807) is 6.20 Å². The number of fused-ring (bicyclic) bond motifs is 2. The lowest BCUT2D eigenvalue weighted by Crippen LogP contribution is -2.46. The largest absolute Gasteiger partial charge is 0.368 e. The van der Waals surface area contributed by atoms with E-state index in [1.807, 2.05) is 31.5 Å². The third kappa shape index (κ3) is 2.87. The van der Waals surface area contributed by atoms with Crippen molar-refractivity contribution >= 4 is 11.8 Å². The number of nitrogens with two attached hydrogens (primary N) is 1. The van der Waals surface area contributed by atoms with E-state index in [0.29, 0.717) is 5.95 Å². The third-order valence-corrected chi connectivity index (χ3v) is 5.92. The number of piperidine rings is 1. The molecule has 1 spiro atoms. The second-order valence-electron chi connectivity index (χ2n) is 7.84. The SMILES string of the molecule is Cc1cc(N2CCCC3(CCc4cnc(N)nc43)C2)nc(-c2cccnc2)n1. The molecule has 1 unspecified atom stereocenters.